The number of H-pyrrole nitrogens is 1. The van der Waals surface area contributed by atoms with Crippen LogP contribution in [0.4, 0.5) is 0 Å². The fraction of sp³-hybridized carbons (Fsp3) is 0.308. The maximum Gasteiger partial charge on any atom is 0.303 e. The van der Waals surface area contributed by atoms with E-state index in [1.165, 1.54) is 10.9 Å². The molecule has 16 heavy (non-hydrogen) atoms. The minimum Gasteiger partial charge on any atom is -0.481 e. The Morgan fingerprint density at radius 3 is 2.81 bits per heavy atom. The average molecular weight is 219 g/mol. The number of hydrogen-bond donors (Lipinski definition) is 2. The predicted octanol–water partition coefficient (Wildman–Crippen LogP) is 3.21. The van der Waals surface area contributed by atoms with Crippen molar-refractivity contribution in [2.45, 2.75) is 26.7 Å². The van der Waals surface area contributed by atoms with Crippen LogP contribution in [0.25, 0.3) is 10.9 Å². The van der Waals surface area contributed by atoms with Crippen molar-refractivity contribution in [2.75, 3.05) is 0 Å². The molecule has 0 unspecified atom stereocenters. The number of benzene rings is 1. The molecule has 0 spiro atoms. The molecule has 1 aromatic carbocycles. The van der Waals surface area contributed by atoms with Crippen LogP contribution in [0.5, 0.6) is 0 Å². The lowest BCUT2D eigenvalue weighted by Gasteiger charge is -1.96. The van der Waals surface area contributed by atoms with Gasteiger partial charge in [-0.1, -0.05) is 25.6 Å². The van der Waals surface area contributed by atoms with E-state index in [1.54, 1.807) is 0 Å². The normalized spacial score (nSPS) is 10.0. The highest BCUT2D eigenvalue weighted by Crippen LogP contribution is 2.19. The maximum absolute atomic E-state index is 10.4. The van der Waals surface area contributed by atoms with Gasteiger partial charge in [-0.15, -0.1) is 0 Å². The minimum absolute atomic E-state index is 0. The Kier molecular flexibility index (Phi) is 4.11. The highest BCUT2D eigenvalue weighted by molar-refractivity contribution is 5.83. The first-order valence-corrected chi connectivity index (χ1v) is 5.04. The van der Waals surface area contributed by atoms with Gasteiger partial charge in [0.15, 0.2) is 0 Å². The van der Waals surface area contributed by atoms with Crippen LogP contribution in [0.15, 0.2) is 30.5 Å². The molecule has 1 aromatic heterocycles. The number of fused-ring (bicyclic) bond motifs is 1. The smallest absolute Gasteiger partial charge is 0.303 e. The molecule has 86 valence electrons. The van der Waals surface area contributed by atoms with Crippen molar-refractivity contribution in [3.8, 4) is 0 Å². The average Bonchev–Trinajstić information content (AvgIpc) is 2.62. The molecule has 2 N–H and O–H groups in total. The molecule has 0 saturated carbocycles. The van der Waals surface area contributed by atoms with Crippen molar-refractivity contribution in [1.29, 1.82) is 0 Å². The lowest BCUT2D eigenvalue weighted by molar-refractivity contribution is -0.137. The molecule has 0 aliphatic carbocycles. The molecule has 0 amide bonds. The summed E-state index contributed by atoms with van der Waals surface area (Å²) in [5, 5.41) is 9.74. The molecule has 3 nitrogen and oxygen atoms in total. The number of hydrogen-bond acceptors (Lipinski definition) is 1. The lowest BCUT2D eigenvalue weighted by Crippen LogP contribution is -1.95. The number of aryl methyl sites for hydroxylation is 1. The van der Waals surface area contributed by atoms with Crippen LogP contribution >= 0.6 is 0 Å². The Balaban J connectivity index is 0.00000128. The molecule has 2 aromatic rings. The van der Waals surface area contributed by atoms with E-state index in [2.05, 4.69) is 11.1 Å². The number of aromatic nitrogens is 1. The Morgan fingerprint density at radius 1 is 1.31 bits per heavy atom. The molecule has 1 heterocycles. The van der Waals surface area contributed by atoms with E-state index in [4.69, 9.17) is 5.11 Å². The van der Waals surface area contributed by atoms with Crippen molar-refractivity contribution in [3.05, 3.63) is 36.0 Å². The van der Waals surface area contributed by atoms with Crippen LogP contribution in [-0.4, -0.2) is 16.1 Å². The first kappa shape index (κ1) is 12.3. The second-order valence-corrected chi connectivity index (χ2v) is 3.61. The molecule has 3 heteroatoms. The lowest BCUT2D eigenvalue weighted by atomic mass is 10.1. The van der Waals surface area contributed by atoms with Crippen LogP contribution in [0, 0.1) is 0 Å². The molecule has 0 saturated heterocycles. The van der Waals surface area contributed by atoms with Crippen molar-refractivity contribution in [3.63, 3.8) is 0 Å². The van der Waals surface area contributed by atoms with E-state index >= 15 is 0 Å². The summed E-state index contributed by atoms with van der Waals surface area (Å²) in [6.07, 6.45) is 3.71. The molecular formula is C13H17NO2. The van der Waals surface area contributed by atoms with Crippen LogP contribution in [0.3, 0.4) is 0 Å². The van der Waals surface area contributed by atoms with Gasteiger partial charge in [0.1, 0.15) is 0 Å². The zero-order chi connectivity index (χ0) is 10.7. The summed E-state index contributed by atoms with van der Waals surface area (Å²) in [6, 6.07) is 8.06. The van der Waals surface area contributed by atoms with E-state index in [1.807, 2.05) is 24.4 Å². The van der Waals surface area contributed by atoms with E-state index in [0.717, 1.165) is 11.9 Å². The highest BCUT2D eigenvalue weighted by atomic mass is 16.4. The molecule has 0 aliphatic rings. The van der Waals surface area contributed by atoms with Crippen LogP contribution in [-0.2, 0) is 11.2 Å². The molecular weight excluding hydrogens is 202 g/mol. The topological polar surface area (TPSA) is 53.1 Å². The van der Waals surface area contributed by atoms with E-state index in [0.29, 0.717) is 6.42 Å². The van der Waals surface area contributed by atoms with Gasteiger partial charge in [0.25, 0.3) is 0 Å². The van der Waals surface area contributed by atoms with E-state index in [-0.39, 0.29) is 13.8 Å². The number of carbonyl (C=O) groups is 1. The maximum atomic E-state index is 10.4. The Labute approximate surface area is 95.1 Å². The second kappa shape index (κ2) is 5.35. The number of carboxylic acid groups (broad SMARTS) is 1. The fourth-order valence-electron chi connectivity index (χ4n) is 1.77. The SMILES string of the molecule is C.O=C(O)CCCc1c[nH]c2ccccc12. The van der Waals surface area contributed by atoms with Crippen LogP contribution in [0.2, 0.25) is 0 Å². The Morgan fingerprint density at radius 2 is 2.06 bits per heavy atom. The van der Waals surface area contributed by atoms with Gasteiger partial charge in [0.2, 0.25) is 0 Å². The number of carboxylic acids is 1. The van der Waals surface area contributed by atoms with Crippen molar-refractivity contribution in [1.82, 2.24) is 4.98 Å². The Hall–Kier alpha value is -1.77. The van der Waals surface area contributed by atoms with Crippen molar-refractivity contribution in [2.24, 2.45) is 0 Å². The van der Waals surface area contributed by atoms with Gasteiger partial charge in [-0.3, -0.25) is 4.79 Å². The molecule has 0 bridgehead atoms. The molecule has 0 fully saturated rings. The van der Waals surface area contributed by atoms with Gasteiger partial charge in [-0.25, -0.2) is 0 Å². The highest BCUT2D eigenvalue weighted by Gasteiger charge is 2.03. The van der Waals surface area contributed by atoms with Gasteiger partial charge >= 0.3 is 5.97 Å². The quantitative estimate of drug-likeness (QED) is 0.829. The summed E-state index contributed by atoms with van der Waals surface area (Å²) in [4.78, 5) is 13.6. The third-order valence-electron chi connectivity index (χ3n) is 2.51. The largest absolute Gasteiger partial charge is 0.481 e. The van der Waals surface area contributed by atoms with Gasteiger partial charge in [0.05, 0.1) is 0 Å². The van der Waals surface area contributed by atoms with E-state index in [9.17, 15) is 4.79 Å². The summed E-state index contributed by atoms with van der Waals surface area (Å²) in [7, 11) is 0. The number of rotatable bonds is 4. The molecule has 0 radical (unpaired) electrons. The zero-order valence-corrected chi connectivity index (χ0v) is 8.36. The molecule has 0 aliphatic heterocycles. The summed E-state index contributed by atoms with van der Waals surface area (Å²) in [5.41, 5.74) is 2.31. The van der Waals surface area contributed by atoms with Gasteiger partial charge in [-0.05, 0) is 24.5 Å². The van der Waals surface area contributed by atoms with Gasteiger partial charge < -0.3 is 10.1 Å². The first-order valence-electron chi connectivity index (χ1n) is 5.04. The first-order chi connectivity index (χ1) is 7.27. The number of para-hydroxylation sites is 1. The number of aliphatic carboxylic acids is 1. The van der Waals surface area contributed by atoms with E-state index < -0.39 is 5.97 Å². The fourth-order valence-corrected chi connectivity index (χ4v) is 1.77. The minimum atomic E-state index is -0.727. The molecule has 2 rings (SSSR count). The second-order valence-electron chi connectivity index (χ2n) is 3.61. The number of aromatic amines is 1. The standard InChI is InChI=1S/C12H13NO2.CH4/c14-12(15)7-3-4-9-8-13-11-6-2-1-5-10(9)11;/h1-2,5-6,8,13H,3-4,7H2,(H,14,15);1H4. The monoisotopic (exact) mass is 219 g/mol. The van der Waals surface area contributed by atoms with Gasteiger partial charge in [-0.2, -0.15) is 0 Å². The molecule has 0 atom stereocenters. The Bertz CT molecular complexity index is 473. The summed E-state index contributed by atoms with van der Waals surface area (Å²) < 4.78 is 0. The zero-order valence-electron chi connectivity index (χ0n) is 8.36. The van der Waals surface area contributed by atoms with Crippen molar-refractivity contribution < 1.29 is 9.90 Å². The summed E-state index contributed by atoms with van der Waals surface area (Å²) >= 11 is 0. The van der Waals surface area contributed by atoms with Gasteiger partial charge in [0, 0.05) is 23.5 Å². The van der Waals surface area contributed by atoms with Crippen LogP contribution in [0.1, 0.15) is 25.8 Å². The number of nitrogens with one attached hydrogen (secondary N) is 1. The van der Waals surface area contributed by atoms with Crippen LogP contribution < -0.4 is 0 Å². The third kappa shape index (κ3) is 2.63. The predicted molar refractivity (Wildman–Crippen MR) is 65.6 cm³/mol. The third-order valence-corrected chi connectivity index (χ3v) is 2.51. The summed E-state index contributed by atoms with van der Waals surface area (Å²) in [6.45, 7) is 0. The summed E-state index contributed by atoms with van der Waals surface area (Å²) in [5.74, 6) is -0.727. The van der Waals surface area contributed by atoms with Crippen molar-refractivity contribution >= 4 is 16.9 Å².